The highest BCUT2D eigenvalue weighted by Crippen LogP contribution is 2.27. The number of amides is 1. The van der Waals surface area contributed by atoms with Crippen LogP contribution in [0.1, 0.15) is 16.7 Å². The van der Waals surface area contributed by atoms with E-state index in [1.165, 1.54) is 24.4 Å². The lowest BCUT2D eigenvalue weighted by atomic mass is 10.1. The molecule has 1 amide bonds. The lowest BCUT2D eigenvalue weighted by Crippen LogP contribution is -2.27. The van der Waals surface area contributed by atoms with E-state index in [0.717, 1.165) is 11.1 Å². The van der Waals surface area contributed by atoms with E-state index in [-0.39, 0.29) is 17.4 Å². The Hall–Kier alpha value is -4.39. The highest BCUT2D eigenvalue weighted by atomic mass is 16.5. The fourth-order valence-electron chi connectivity index (χ4n) is 3.22. The number of ether oxygens (including phenoxy) is 2. The Morgan fingerprint density at radius 2 is 1.66 bits per heavy atom. The van der Waals surface area contributed by atoms with Gasteiger partial charge in [-0.05, 0) is 35.9 Å². The first-order chi connectivity index (χ1) is 15.6. The Kier molecular flexibility index (Phi) is 5.98. The molecule has 160 valence electrons. The van der Waals surface area contributed by atoms with E-state index < -0.39 is 0 Å². The first-order valence-corrected chi connectivity index (χ1v) is 9.85. The summed E-state index contributed by atoms with van der Waals surface area (Å²) in [6.45, 7) is 0. The van der Waals surface area contributed by atoms with Crippen molar-refractivity contribution in [3.8, 4) is 17.2 Å². The van der Waals surface area contributed by atoms with Gasteiger partial charge in [0.25, 0.3) is 5.91 Å². The number of hydrazone groups is 1. The van der Waals surface area contributed by atoms with Crippen LogP contribution in [0.5, 0.6) is 17.2 Å². The summed E-state index contributed by atoms with van der Waals surface area (Å²) in [4.78, 5) is 17.8. The average Bonchev–Trinajstić information content (AvgIpc) is 3.14. The number of benzene rings is 3. The molecule has 0 unspecified atom stereocenters. The highest BCUT2D eigenvalue weighted by Gasteiger charge is 2.31. The number of carbonyl (C=O) groups excluding carboxylic acids is 1. The summed E-state index contributed by atoms with van der Waals surface area (Å²) < 4.78 is 10.5. The molecule has 7 heteroatoms. The molecule has 1 heterocycles. The Morgan fingerprint density at radius 3 is 2.41 bits per heavy atom. The maximum Gasteiger partial charge on any atom is 0.298 e. The van der Waals surface area contributed by atoms with Crippen molar-refractivity contribution in [1.29, 1.82) is 0 Å². The summed E-state index contributed by atoms with van der Waals surface area (Å²) in [5.41, 5.74) is 2.39. The number of nitrogens with zero attached hydrogens (tertiary/aromatic N) is 3. The Balaban J connectivity index is 1.73. The predicted octanol–water partition coefficient (Wildman–Crippen LogP) is 4.07. The summed E-state index contributed by atoms with van der Waals surface area (Å²) in [6, 6.07) is 21.6. The molecule has 0 bridgehead atoms. The van der Waals surface area contributed by atoms with Crippen LogP contribution in [0.25, 0.3) is 6.08 Å². The number of amidine groups is 1. The molecule has 0 aromatic heterocycles. The molecule has 0 radical (unpaired) electrons. The monoisotopic (exact) mass is 427 g/mol. The number of aromatic hydroxyl groups is 1. The number of aliphatic imine (C=N–C) groups is 1. The summed E-state index contributed by atoms with van der Waals surface area (Å²) >= 11 is 0. The first kappa shape index (κ1) is 20.9. The minimum atomic E-state index is -0.364. The van der Waals surface area contributed by atoms with Crippen LogP contribution in [-0.4, -0.2) is 42.3 Å². The summed E-state index contributed by atoms with van der Waals surface area (Å²) in [7, 11) is 3.05. The molecule has 1 aliphatic heterocycles. The fourth-order valence-corrected chi connectivity index (χ4v) is 3.22. The first-order valence-electron chi connectivity index (χ1n) is 9.85. The van der Waals surface area contributed by atoms with E-state index in [4.69, 9.17) is 9.47 Å². The van der Waals surface area contributed by atoms with Crippen LogP contribution in [0.3, 0.4) is 0 Å². The van der Waals surface area contributed by atoms with Gasteiger partial charge in [-0.3, -0.25) is 4.79 Å². The van der Waals surface area contributed by atoms with Gasteiger partial charge in [-0.2, -0.15) is 10.1 Å². The van der Waals surface area contributed by atoms with Crippen LogP contribution >= 0.6 is 0 Å². The maximum absolute atomic E-state index is 13.2. The van der Waals surface area contributed by atoms with Crippen molar-refractivity contribution >= 4 is 24.0 Å². The molecule has 0 saturated carbocycles. The Morgan fingerprint density at radius 1 is 0.938 bits per heavy atom. The summed E-state index contributed by atoms with van der Waals surface area (Å²) in [5.74, 6) is 1.03. The van der Waals surface area contributed by atoms with Gasteiger partial charge in [0.15, 0.2) is 17.3 Å². The van der Waals surface area contributed by atoms with E-state index in [9.17, 15) is 9.90 Å². The van der Waals surface area contributed by atoms with Gasteiger partial charge in [0.05, 0.1) is 20.4 Å². The largest absolute Gasteiger partial charge is 0.504 e. The molecular weight excluding hydrogens is 406 g/mol. The van der Waals surface area contributed by atoms with Crippen LogP contribution < -0.4 is 9.47 Å². The van der Waals surface area contributed by atoms with Gasteiger partial charge in [-0.15, -0.1) is 0 Å². The molecule has 4 rings (SSSR count). The molecule has 0 saturated heterocycles. The third kappa shape index (κ3) is 4.22. The van der Waals surface area contributed by atoms with E-state index in [1.54, 1.807) is 25.3 Å². The van der Waals surface area contributed by atoms with Crippen molar-refractivity contribution in [3.05, 3.63) is 95.2 Å². The summed E-state index contributed by atoms with van der Waals surface area (Å²) in [6.07, 6.45) is 3.20. The number of phenols is 1. The van der Waals surface area contributed by atoms with E-state index in [2.05, 4.69) is 10.1 Å². The van der Waals surface area contributed by atoms with E-state index in [0.29, 0.717) is 22.9 Å². The predicted molar refractivity (Wildman–Crippen MR) is 123 cm³/mol. The molecule has 0 aliphatic carbocycles. The molecule has 0 spiro atoms. The zero-order valence-electron chi connectivity index (χ0n) is 17.6. The van der Waals surface area contributed by atoms with Gasteiger partial charge in [0, 0.05) is 11.1 Å². The van der Waals surface area contributed by atoms with E-state index >= 15 is 0 Å². The molecule has 7 nitrogen and oxygen atoms in total. The van der Waals surface area contributed by atoms with Crippen LogP contribution in [0.15, 0.2) is 88.6 Å². The second-order valence-corrected chi connectivity index (χ2v) is 6.87. The minimum absolute atomic E-state index is 0.0236. The minimum Gasteiger partial charge on any atom is -0.504 e. The summed E-state index contributed by atoms with van der Waals surface area (Å²) in [5, 5.41) is 15.4. The fraction of sp³-hybridized carbons (Fsp3) is 0.0800. The lowest BCUT2D eigenvalue weighted by molar-refractivity contribution is -0.122. The second kappa shape index (κ2) is 9.18. The molecule has 1 N–H and O–H groups in total. The van der Waals surface area contributed by atoms with Crippen molar-refractivity contribution in [1.82, 2.24) is 5.01 Å². The number of hydrogen-bond donors (Lipinski definition) is 1. The number of hydrogen-bond acceptors (Lipinski definition) is 6. The lowest BCUT2D eigenvalue weighted by Gasteiger charge is -2.12. The third-order valence-corrected chi connectivity index (χ3v) is 4.83. The van der Waals surface area contributed by atoms with E-state index in [1.807, 2.05) is 54.6 Å². The van der Waals surface area contributed by atoms with Gasteiger partial charge >= 0.3 is 0 Å². The second-order valence-electron chi connectivity index (χ2n) is 6.87. The number of phenolic OH excluding ortho intramolecular Hbond substituents is 1. The standard InChI is InChI=1S/C25H21N3O4/c1-31-22-11-7-6-10-19(22)15-20-25(30)28(24(27-20)18-8-4-3-5-9-18)26-16-17-12-13-21(29)23(14-17)32-2/h3-16,29H,1-2H3. The number of carbonyl (C=O) groups is 1. The van der Waals surface area contributed by atoms with Gasteiger partial charge in [-0.1, -0.05) is 48.5 Å². The normalized spacial score (nSPS) is 14.8. The van der Waals surface area contributed by atoms with Gasteiger partial charge in [0.1, 0.15) is 11.4 Å². The smallest absolute Gasteiger partial charge is 0.298 e. The number of para-hydroxylation sites is 1. The molecule has 1 aliphatic rings. The molecule has 0 fully saturated rings. The van der Waals surface area contributed by atoms with Gasteiger partial charge < -0.3 is 14.6 Å². The number of methoxy groups -OCH3 is 2. The van der Waals surface area contributed by atoms with Crippen molar-refractivity contribution in [3.63, 3.8) is 0 Å². The molecule has 3 aromatic carbocycles. The SMILES string of the molecule is COc1cc(C=NN2C(=O)C(=Cc3ccccc3OC)N=C2c2ccccc2)ccc1O. The van der Waals surface area contributed by atoms with Gasteiger partial charge in [-0.25, -0.2) is 4.99 Å². The third-order valence-electron chi connectivity index (χ3n) is 4.83. The molecule has 32 heavy (non-hydrogen) atoms. The molecule has 3 aromatic rings. The quantitative estimate of drug-likeness (QED) is 0.475. The van der Waals surface area contributed by atoms with Crippen molar-refractivity contribution < 1.29 is 19.4 Å². The van der Waals surface area contributed by atoms with Crippen molar-refractivity contribution in [2.45, 2.75) is 0 Å². The highest BCUT2D eigenvalue weighted by molar-refractivity contribution is 6.19. The zero-order valence-corrected chi connectivity index (χ0v) is 17.6. The average molecular weight is 427 g/mol. The topological polar surface area (TPSA) is 83.7 Å². The van der Waals surface area contributed by atoms with Crippen LogP contribution in [0, 0.1) is 0 Å². The van der Waals surface area contributed by atoms with Crippen molar-refractivity contribution in [2.24, 2.45) is 10.1 Å². The molecule has 0 atom stereocenters. The molecular formula is C25H21N3O4. The van der Waals surface area contributed by atoms with Crippen LogP contribution in [0.2, 0.25) is 0 Å². The maximum atomic E-state index is 13.2. The van der Waals surface area contributed by atoms with Crippen molar-refractivity contribution in [2.75, 3.05) is 14.2 Å². The van der Waals surface area contributed by atoms with Gasteiger partial charge in [0.2, 0.25) is 0 Å². The van der Waals surface area contributed by atoms with Crippen LogP contribution in [-0.2, 0) is 4.79 Å². The Bertz CT molecular complexity index is 1230. The Labute approximate surface area is 185 Å². The number of rotatable bonds is 6. The van der Waals surface area contributed by atoms with Crippen LogP contribution in [0.4, 0.5) is 0 Å². The zero-order chi connectivity index (χ0) is 22.5.